The van der Waals surface area contributed by atoms with Crippen LogP contribution in [0.3, 0.4) is 0 Å². The van der Waals surface area contributed by atoms with Crippen LogP contribution in [-0.2, 0) is 9.59 Å². The molecule has 1 aromatic carbocycles. The van der Waals surface area contributed by atoms with E-state index in [1.165, 1.54) is 0 Å². The standard InChI is InChI=1S/C18H26ClN3O3.ClH/c1-18(2,10-20)11-21(3)17(24)12-7-16(23)22(9-12)14-8-13(19)5-6-15(14)25-4;/h5-6,8,12H,7,9-11,20H2,1-4H3;1H. The molecule has 1 aliphatic rings. The van der Waals surface area contributed by atoms with E-state index in [0.29, 0.717) is 36.1 Å². The lowest BCUT2D eigenvalue weighted by Gasteiger charge is -2.30. The van der Waals surface area contributed by atoms with Crippen LogP contribution in [0.1, 0.15) is 20.3 Å². The first-order valence-electron chi connectivity index (χ1n) is 8.27. The van der Waals surface area contributed by atoms with Crippen molar-refractivity contribution in [1.29, 1.82) is 0 Å². The summed E-state index contributed by atoms with van der Waals surface area (Å²) >= 11 is 6.06. The Morgan fingerprint density at radius 3 is 2.69 bits per heavy atom. The van der Waals surface area contributed by atoms with Gasteiger partial charge in [0.1, 0.15) is 5.75 Å². The molecule has 1 heterocycles. The van der Waals surface area contributed by atoms with Gasteiger partial charge in [-0.1, -0.05) is 25.4 Å². The van der Waals surface area contributed by atoms with Crippen LogP contribution in [0.4, 0.5) is 5.69 Å². The van der Waals surface area contributed by atoms with Gasteiger partial charge in [0.15, 0.2) is 0 Å². The molecule has 0 aliphatic carbocycles. The number of methoxy groups -OCH3 is 1. The Morgan fingerprint density at radius 1 is 1.46 bits per heavy atom. The molecule has 0 radical (unpaired) electrons. The molecule has 1 saturated heterocycles. The lowest BCUT2D eigenvalue weighted by atomic mass is 9.92. The Kier molecular flexibility index (Phi) is 7.74. The summed E-state index contributed by atoms with van der Waals surface area (Å²) in [5.41, 5.74) is 6.18. The summed E-state index contributed by atoms with van der Waals surface area (Å²) in [7, 11) is 3.30. The Balaban J connectivity index is 0.00000338. The maximum Gasteiger partial charge on any atom is 0.227 e. The van der Waals surface area contributed by atoms with Crippen molar-refractivity contribution < 1.29 is 14.3 Å². The SMILES string of the molecule is COc1ccc(Cl)cc1N1CC(C(=O)N(C)CC(C)(C)CN)CC1=O.Cl. The van der Waals surface area contributed by atoms with Gasteiger partial charge in [0, 0.05) is 31.6 Å². The fourth-order valence-corrected chi connectivity index (χ4v) is 3.24. The molecular weight excluding hydrogens is 377 g/mol. The second-order valence-electron chi connectivity index (χ2n) is 7.28. The number of hydrogen-bond acceptors (Lipinski definition) is 4. The van der Waals surface area contributed by atoms with E-state index >= 15 is 0 Å². The first-order chi connectivity index (χ1) is 11.7. The van der Waals surface area contributed by atoms with Gasteiger partial charge in [0.25, 0.3) is 0 Å². The van der Waals surface area contributed by atoms with Gasteiger partial charge in [-0.25, -0.2) is 0 Å². The summed E-state index contributed by atoms with van der Waals surface area (Å²) in [5, 5.41) is 0.514. The topological polar surface area (TPSA) is 75.9 Å². The third-order valence-corrected chi connectivity index (χ3v) is 4.74. The zero-order valence-corrected chi connectivity index (χ0v) is 17.2. The largest absolute Gasteiger partial charge is 0.495 e. The highest BCUT2D eigenvalue weighted by atomic mass is 35.5. The summed E-state index contributed by atoms with van der Waals surface area (Å²) in [4.78, 5) is 28.4. The number of carbonyl (C=O) groups excluding carboxylic acids is 2. The normalized spacial score (nSPS) is 17.1. The summed E-state index contributed by atoms with van der Waals surface area (Å²) in [6, 6.07) is 5.11. The molecule has 1 unspecified atom stereocenters. The van der Waals surface area contributed by atoms with Crippen LogP contribution < -0.4 is 15.4 Å². The van der Waals surface area contributed by atoms with Gasteiger partial charge in [-0.15, -0.1) is 12.4 Å². The molecule has 0 aromatic heterocycles. The first kappa shape index (κ1) is 22.5. The molecule has 6 nitrogen and oxygen atoms in total. The van der Waals surface area contributed by atoms with Crippen LogP contribution in [0.5, 0.6) is 5.75 Å². The lowest BCUT2D eigenvalue weighted by molar-refractivity contribution is -0.135. The molecule has 1 aliphatic heterocycles. The van der Waals surface area contributed by atoms with Crippen molar-refractivity contribution in [3.8, 4) is 5.75 Å². The maximum atomic E-state index is 12.7. The highest BCUT2D eigenvalue weighted by Crippen LogP contribution is 2.35. The number of carbonyl (C=O) groups is 2. The van der Waals surface area contributed by atoms with Gasteiger partial charge in [-0.2, -0.15) is 0 Å². The van der Waals surface area contributed by atoms with Crippen LogP contribution in [0.25, 0.3) is 0 Å². The zero-order valence-electron chi connectivity index (χ0n) is 15.6. The monoisotopic (exact) mass is 403 g/mol. The van der Waals surface area contributed by atoms with E-state index in [4.69, 9.17) is 22.1 Å². The van der Waals surface area contributed by atoms with Gasteiger partial charge in [-0.05, 0) is 30.2 Å². The van der Waals surface area contributed by atoms with Gasteiger partial charge in [0.05, 0.1) is 18.7 Å². The molecule has 1 aromatic rings. The summed E-state index contributed by atoms with van der Waals surface area (Å²) in [5.74, 6) is 0.0296. The summed E-state index contributed by atoms with van der Waals surface area (Å²) < 4.78 is 5.32. The minimum Gasteiger partial charge on any atom is -0.495 e. The van der Waals surface area contributed by atoms with Crippen LogP contribution in [0.2, 0.25) is 5.02 Å². The number of nitrogens with zero attached hydrogens (tertiary/aromatic N) is 2. The molecule has 0 saturated carbocycles. The van der Waals surface area contributed by atoms with Crippen molar-refractivity contribution >= 4 is 41.5 Å². The molecule has 0 bridgehead atoms. The van der Waals surface area contributed by atoms with E-state index in [2.05, 4.69) is 0 Å². The molecule has 2 amide bonds. The van der Waals surface area contributed by atoms with Gasteiger partial charge >= 0.3 is 0 Å². The van der Waals surface area contributed by atoms with Crippen molar-refractivity contribution in [2.24, 2.45) is 17.1 Å². The number of ether oxygens (including phenoxy) is 1. The number of benzene rings is 1. The molecule has 146 valence electrons. The predicted octanol–water partition coefficient (Wildman–Crippen LogP) is 2.57. The summed E-state index contributed by atoms with van der Waals surface area (Å²) in [6.45, 7) is 5.38. The molecule has 26 heavy (non-hydrogen) atoms. The number of hydrogen-bond donors (Lipinski definition) is 1. The Morgan fingerprint density at radius 2 is 2.12 bits per heavy atom. The van der Waals surface area contributed by atoms with E-state index < -0.39 is 0 Å². The van der Waals surface area contributed by atoms with Crippen molar-refractivity contribution in [3.05, 3.63) is 23.2 Å². The Hall–Kier alpha value is -1.50. The fraction of sp³-hybridized carbons (Fsp3) is 0.556. The van der Waals surface area contributed by atoms with Crippen LogP contribution in [0.15, 0.2) is 18.2 Å². The lowest BCUT2D eigenvalue weighted by Crippen LogP contribution is -2.42. The van der Waals surface area contributed by atoms with E-state index in [9.17, 15) is 9.59 Å². The van der Waals surface area contributed by atoms with E-state index in [0.717, 1.165) is 0 Å². The number of anilines is 1. The van der Waals surface area contributed by atoms with Gasteiger partial charge in [-0.3, -0.25) is 9.59 Å². The first-order valence-corrected chi connectivity index (χ1v) is 8.65. The maximum absolute atomic E-state index is 12.7. The highest BCUT2D eigenvalue weighted by Gasteiger charge is 2.38. The Bertz CT molecular complexity index is 667. The predicted molar refractivity (Wildman–Crippen MR) is 106 cm³/mol. The van der Waals surface area contributed by atoms with E-state index in [-0.39, 0.29) is 42.0 Å². The van der Waals surface area contributed by atoms with Crippen molar-refractivity contribution in [1.82, 2.24) is 4.90 Å². The van der Waals surface area contributed by atoms with E-state index in [1.807, 2.05) is 13.8 Å². The van der Waals surface area contributed by atoms with Gasteiger partial charge in [0.2, 0.25) is 11.8 Å². The summed E-state index contributed by atoms with van der Waals surface area (Å²) in [6.07, 6.45) is 0.182. The van der Waals surface area contributed by atoms with Crippen molar-refractivity contribution in [2.45, 2.75) is 20.3 Å². The van der Waals surface area contributed by atoms with Crippen molar-refractivity contribution in [2.75, 3.05) is 38.7 Å². The Labute approximate surface area is 166 Å². The van der Waals surface area contributed by atoms with Gasteiger partial charge < -0.3 is 20.3 Å². The zero-order chi connectivity index (χ0) is 18.8. The van der Waals surface area contributed by atoms with Crippen LogP contribution in [0, 0.1) is 11.3 Å². The van der Waals surface area contributed by atoms with E-state index in [1.54, 1.807) is 42.2 Å². The second kappa shape index (κ2) is 8.93. The fourth-order valence-electron chi connectivity index (χ4n) is 3.08. The number of amides is 2. The third kappa shape index (κ3) is 5.02. The number of rotatable bonds is 6. The molecular formula is C18H27Cl2N3O3. The van der Waals surface area contributed by atoms with Crippen LogP contribution >= 0.6 is 24.0 Å². The second-order valence-corrected chi connectivity index (χ2v) is 7.72. The minimum absolute atomic E-state index is 0. The molecule has 2 rings (SSSR count). The molecule has 8 heteroatoms. The number of halogens is 2. The van der Waals surface area contributed by atoms with Crippen molar-refractivity contribution in [3.63, 3.8) is 0 Å². The van der Waals surface area contributed by atoms with Crippen LogP contribution in [-0.4, -0.2) is 50.5 Å². The third-order valence-electron chi connectivity index (χ3n) is 4.50. The quantitative estimate of drug-likeness (QED) is 0.791. The highest BCUT2D eigenvalue weighted by molar-refractivity contribution is 6.31. The smallest absolute Gasteiger partial charge is 0.227 e. The molecule has 0 spiro atoms. The average Bonchev–Trinajstić information content (AvgIpc) is 2.95. The molecule has 2 N–H and O–H groups in total. The molecule has 1 fully saturated rings. The minimum atomic E-state index is -0.380. The molecule has 1 atom stereocenters. The number of nitrogens with two attached hydrogens (primary N) is 1. The average molecular weight is 404 g/mol.